The van der Waals surface area contributed by atoms with Crippen LogP contribution in [-0.2, 0) is 6.42 Å². The molecule has 0 spiro atoms. The van der Waals surface area contributed by atoms with E-state index in [1.165, 1.54) is 0 Å². The molecule has 4 heteroatoms. The van der Waals surface area contributed by atoms with Crippen LogP contribution in [-0.4, -0.2) is 24.0 Å². The van der Waals surface area contributed by atoms with Gasteiger partial charge < -0.3 is 15.7 Å². The minimum atomic E-state index is 0.259. The molecule has 1 aliphatic rings. The molecule has 1 aliphatic heterocycles. The maximum Gasteiger partial charge on any atom is 0.139 e. The number of amidine groups is 1. The van der Waals surface area contributed by atoms with Crippen LogP contribution in [0.15, 0.2) is 47.5 Å². The number of phenolic OH excluding ortho intramolecular Hbond substituents is 1. The Balaban J connectivity index is 1.91. The van der Waals surface area contributed by atoms with Crippen LogP contribution < -0.4 is 10.6 Å². The number of nitrogens with one attached hydrogen (secondary N) is 2. The molecule has 108 valence electrons. The van der Waals surface area contributed by atoms with E-state index in [-0.39, 0.29) is 5.75 Å². The summed E-state index contributed by atoms with van der Waals surface area (Å²) in [6.45, 7) is 3.77. The zero-order chi connectivity index (χ0) is 14.7. The smallest absolute Gasteiger partial charge is 0.139 e. The predicted molar refractivity (Wildman–Crippen MR) is 86.6 cm³/mol. The lowest BCUT2D eigenvalue weighted by Crippen LogP contribution is -2.21. The first-order valence-corrected chi connectivity index (χ1v) is 7.15. The van der Waals surface area contributed by atoms with Gasteiger partial charge >= 0.3 is 0 Å². The first-order valence-electron chi connectivity index (χ1n) is 7.15. The van der Waals surface area contributed by atoms with E-state index in [1.54, 1.807) is 6.07 Å². The second kappa shape index (κ2) is 5.87. The van der Waals surface area contributed by atoms with Crippen molar-refractivity contribution in [3.8, 4) is 5.75 Å². The number of rotatable bonds is 4. The number of aromatic hydroxyl groups is 1. The maximum absolute atomic E-state index is 10.2. The lowest BCUT2D eigenvalue weighted by Gasteiger charge is -2.15. The van der Waals surface area contributed by atoms with E-state index in [4.69, 9.17) is 0 Å². The highest BCUT2D eigenvalue weighted by Gasteiger charge is 2.13. The highest BCUT2D eigenvalue weighted by Crippen LogP contribution is 2.32. The Morgan fingerprint density at radius 3 is 2.81 bits per heavy atom. The quantitative estimate of drug-likeness (QED) is 0.755. The molecule has 1 heterocycles. The van der Waals surface area contributed by atoms with Crippen molar-refractivity contribution >= 4 is 17.2 Å². The van der Waals surface area contributed by atoms with Crippen LogP contribution >= 0.6 is 0 Å². The summed E-state index contributed by atoms with van der Waals surface area (Å²) < 4.78 is 0. The number of hydrogen-bond donors (Lipinski definition) is 3. The second-order valence-corrected chi connectivity index (χ2v) is 5.18. The molecule has 21 heavy (non-hydrogen) atoms. The van der Waals surface area contributed by atoms with Gasteiger partial charge in [0.1, 0.15) is 11.6 Å². The van der Waals surface area contributed by atoms with Gasteiger partial charge in [-0.1, -0.05) is 30.3 Å². The van der Waals surface area contributed by atoms with Crippen molar-refractivity contribution in [2.75, 3.05) is 18.4 Å². The average Bonchev–Trinajstić information content (AvgIpc) is 2.98. The van der Waals surface area contributed by atoms with E-state index in [9.17, 15) is 5.11 Å². The Hall–Kier alpha value is -2.49. The van der Waals surface area contributed by atoms with E-state index in [1.807, 2.05) is 43.3 Å². The predicted octanol–water partition coefficient (Wildman–Crippen LogP) is 2.99. The minimum absolute atomic E-state index is 0.259. The van der Waals surface area contributed by atoms with Crippen LogP contribution in [0.2, 0.25) is 0 Å². The summed E-state index contributed by atoms with van der Waals surface area (Å²) in [4.78, 5) is 4.42. The number of anilines is 2. The SMILES string of the molecule is Cc1ccccc1Nc1c(O)cccc1CC1=NCCN1. The molecule has 3 N–H and O–H groups in total. The van der Waals surface area contributed by atoms with Crippen molar-refractivity contribution in [1.29, 1.82) is 0 Å². The summed E-state index contributed by atoms with van der Waals surface area (Å²) in [5.74, 6) is 1.24. The van der Waals surface area contributed by atoms with Gasteiger partial charge in [-0.25, -0.2) is 0 Å². The van der Waals surface area contributed by atoms with Crippen molar-refractivity contribution in [2.24, 2.45) is 4.99 Å². The van der Waals surface area contributed by atoms with E-state index in [0.29, 0.717) is 6.42 Å². The van der Waals surface area contributed by atoms with Crippen molar-refractivity contribution in [1.82, 2.24) is 5.32 Å². The van der Waals surface area contributed by atoms with Crippen molar-refractivity contribution in [3.05, 3.63) is 53.6 Å². The van der Waals surface area contributed by atoms with Crippen LogP contribution in [0.3, 0.4) is 0 Å². The highest BCUT2D eigenvalue weighted by molar-refractivity contribution is 5.88. The number of benzene rings is 2. The molecule has 0 bridgehead atoms. The van der Waals surface area contributed by atoms with Gasteiger partial charge in [0, 0.05) is 18.7 Å². The Morgan fingerprint density at radius 2 is 2.05 bits per heavy atom. The molecule has 2 aromatic carbocycles. The summed E-state index contributed by atoms with van der Waals surface area (Å²) in [6.07, 6.45) is 0.697. The van der Waals surface area contributed by atoms with Crippen molar-refractivity contribution < 1.29 is 5.11 Å². The fraction of sp³-hybridized carbons (Fsp3) is 0.235. The van der Waals surface area contributed by atoms with E-state index >= 15 is 0 Å². The zero-order valence-electron chi connectivity index (χ0n) is 12.1. The molecule has 0 unspecified atom stereocenters. The lowest BCUT2D eigenvalue weighted by atomic mass is 10.1. The summed E-state index contributed by atoms with van der Waals surface area (Å²) >= 11 is 0. The standard InChI is InChI=1S/C17H19N3O/c1-12-5-2-3-7-14(12)20-17-13(6-4-8-15(17)21)11-16-18-9-10-19-16/h2-8,20-21H,9-11H2,1H3,(H,18,19). The third-order valence-electron chi connectivity index (χ3n) is 3.63. The first-order chi connectivity index (χ1) is 10.2. The molecule has 0 radical (unpaired) electrons. The molecule has 3 rings (SSSR count). The lowest BCUT2D eigenvalue weighted by molar-refractivity contribution is 0.477. The maximum atomic E-state index is 10.2. The zero-order valence-corrected chi connectivity index (χ0v) is 12.1. The Morgan fingerprint density at radius 1 is 1.19 bits per heavy atom. The van der Waals surface area contributed by atoms with Gasteiger partial charge in [-0.3, -0.25) is 4.99 Å². The molecule has 0 atom stereocenters. The summed E-state index contributed by atoms with van der Waals surface area (Å²) in [7, 11) is 0. The molecule has 2 aromatic rings. The molecule has 0 saturated carbocycles. The fourth-order valence-electron chi connectivity index (χ4n) is 2.47. The normalized spacial score (nSPS) is 13.7. The number of phenols is 1. The van der Waals surface area contributed by atoms with Gasteiger partial charge in [0.05, 0.1) is 12.2 Å². The number of para-hydroxylation sites is 2. The molecular weight excluding hydrogens is 262 g/mol. The number of nitrogens with zero attached hydrogens (tertiary/aromatic N) is 1. The molecule has 4 nitrogen and oxygen atoms in total. The van der Waals surface area contributed by atoms with Crippen LogP contribution in [0.1, 0.15) is 11.1 Å². The average molecular weight is 281 g/mol. The van der Waals surface area contributed by atoms with Crippen LogP contribution in [0.4, 0.5) is 11.4 Å². The highest BCUT2D eigenvalue weighted by atomic mass is 16.3. The van der Waals surface area contributed by atoms with Crippen LogP contribution in [0, 0.1) is 6.92 Å². The summed E-state index contributed by atoms with van der Waals surface area (Å²) in [5, 5.41) is 16.8. The molecular formula is C17H19N3O. The van der Waals surface area contributed by atoms with E-state index in [0.717, 1.165) is 41.4 Å². The Kier molecular flexibility index (Phi) is 3.77. The largest absolute Gasteiger partial charge is 0.506 e. The number of aryl methyl sites for hydroxylation is 1. The third kappa shape index (κ3) is 2.99. The van der Waals surface area contributed by atoms with Gasteiger partial charge in [0.25, 0.3) is 0 Å². The first kappa shape index (κ1) is 13.5. The minimum Gasteiger partial charge on any atom is -0.506 e. The van der Waals surface area contributed by atoms with Gasteiger partial charge in [-0.2, -0.15) is 0 Å². The third-order valence-corrected chi connectivity index (χ3v) is 3.63. The topological polar surface area (TPSA) is 56.6 Å². The van der Waals surface area contributed by atoms with Crippen molar-refractivity contribution in [3.63, 3.8) is 0 Å². The van der Waals surface area contributed by atoms with E-state index in [2.05, 4.69) is 15.6 Å². The Labute approximate surface area is 124 Å². The molecule has 0 fully saturated rings. The molecule has 0 amide bonds. The Bertz CT molecular complexity index is 679. The van der Waals surface area contributed by atoms with Gasteiger partial charge in [0.2, 0.25) is 0 Å². The van der Waals surface area contributed by atoms with Gasteiger partial charge in [-0.15, -0.1) is 0 Å². The van der Waals surface area contributed by atoms with Crippen molar-refractivity contribution in [2.45, 2.75) is 13.3 Å². The fourth-order valence-corrected chi connectivity index (χ4v) is 2.47. The monoisotopic (exact) mass is 281 g/mol. The number of hydrogen-bond acceptors (Lipinski definition) is 4. The molecule has 0 aliphatic carbocycles. The van der Waals surface area contributed by atoms with Crippen LogP contribution in [0.5, 0.6) is 5.75 Å². The van der Waals surface area contributed by atoms with Gasteiger partial charge in [0.15, 0.2) is 0 Å². The van der Waals surface area contributed by atoms with E-state index < -0.39 is 0 Å². The summed E-state index contributed by atoms with van der Waals surface area (Å²) in [5.41, 5.74) is 3.93. The van der Waals surface area contributed by atoms with Gasteiger partial charge in [-0.05, 0) is 30.2 Å². The number of aliphatic imine (C=N–C) groups is 1. The molecule has 0 saturated heterocycles. The molecule has 0 aromatic heterocycles. The van der Waals surface area contributed by atoms with Crippen LogP contribution in [0.25, 0.3) is 0 Å². The second-order valence-electron chi connectivity index (χ2n) is 5.18. The summed E-state index contributed by atoms with van der Waals surface area (Å²) in [6, 6.07) is 13.6.